The van der Waals surface area contributed by atoms with Crippen molar-refractivity contribution in [2.75, 3.05) is 18.4 Å². The van der Waals surface area contributed by atoms with Gasteiger partial charge in [0.2, 0.25) is 0 Å². The molecule has 1 amide bonds. The molecule has 1 aliphatic rings. The molecule has 2 N–H and O–H groups in total. The number of pyridine rings is 1. The Labute approximate surface area is 127 Å². The van der Waals surface area contributed by atoms with Crippen LogP contribution in [0.2, 0.25) is 0 Å². The van der Waals surface area contributed by atoms with E-state index in [1.807, 2.05) is 6.07 Å². The van der Waals surface area contributed by atoms with E-state index in [1.165, 1.54) is 0 Å². The van der Waals surface area contributed by atoms with Gasteiger partial charge in [-0.15, -0.1) is 0 Å². The summed E-state index contributed by atoms with van der Waals surface area (Å²) in [7, 11) is 0. The monoisotopic (exact) mass is 289 g/mol. The third-order valence-corrected chi connectivity index (χ3v) is 5.38. The Kier molecular flexibility index (Phi) is 4.26. The molecule has 0 aliphatic heterocycles. The fraction of sp³-hybridized carbons (Fsp3) is 0.647. The van der Waals surface area contributed by atoms with Gasteiger partial charge in [0, 0.05) is 19.3 Å². The largest absolute Gasteiger partial charge is 0.369 e. The number of hydrogen-bond acceptors (Lipinski definition) is 3. The number of hydrogen-bond donors (Lipinski definition) is 2. The van der Waals surface area contributed by atoms with Gasteiger partial charge in [0.15, 0.2) is 0 Å². The first kappa shape index (κ1) is 15.8. The summed E-state index contributed by atoms with van der Waals surface area (Å²) in [6.07, 6.45) is 2.71. The molecule has 0 saturated heterocycles. The van der Waals surface area contributed by atoms with E-state index in [0.29, 0.717) is 28.1 Å². The highest BCUT2D eigenvalue weighted by Gasteiger charge is 2.64. The standard InChI is InChI=1S/C17H27N3O/c1-6-9-18-14-12(8-7-10-19-14)15(21)20-11-13-16(2,3)17(13,4)5/h7-8,10,13H,6,9,11H2,1-5H3,(H,18,19)(H,20,21). The molecule has 1 fully saturated rings. The Balaban J connectivity index is 1.98. The molecule has 4 nitrogen and oxygen atoms in total. The van der Waals surface area contributed by atoms with E-state index in [-0.39, 0.29) is 5.91 Å². The molecule has 1 aromatic rings. The summed E-state index contributed by atoms with van der Waals surface area (Å²) in [5.74, 6) is 1.16. The van der Waals surface area contributed by atoms with Crippen LogP contribution in [-0.2, 0) is 0 Å². The second-order valence-electron chi connectivity index (χ2n) is 7.03. The molecule has 21 heavy (non-hydrogen) atoms. The lowest BCUT2D eigenvalue weighted by Crippen LogP contribution is -2.28. The maximum Gasteiger partial charge on any atom is 0.255 e. The van der Waals surface area contributed by atoms with Gasteiger partial charge in [0.1, 0.15) is 5.82 Å². The first-order valence-corrected chi connectivity index (χ1v) is 7.79. The summed E-state index contributed by atoms with van der Waals surface area (Å²) in [5, 5.41) is 6.28. The average molecular weight is 289 g/mol. The van der Waals surface area contributed by atoms with Crippen molar-refractivity contribution in [3.05, 3.63) is 23.9 Å². The molecule has 1 aliphatic carbocycles. The number of rotatable bonds is 6. The Morgan fingerprint density at radius 3 is 2.52 bits per heavy atom. The van der Waals surface area contributed by atoms with Gasteiger partial charge in [0.25, 0.3) is 5.91 Å². The van der Waals surface area contributed by atoms with Gasteiger partial charge in [-0.3, -0.25) is 4.79 Å². The lowest BCUT2D eigenvalue weighted by Gasteiger charge is -2.11. The average Bonchev–Trinajstić information content (AvgIpc) is 2.84. The Morgan fingerprint density at radius 2 is 1.95 bits per heavy atom. The molecule has 1 aromatic heterocycles. The fourth-order valence-corrected chi connectivity index (χ4v) is 3.11. The lowest BCUT2D eigenvalue weighted by atomic mass is 10.0. The van der Waals surface area contributed by atoms with Gasteiger partial charge < -0.3 is 10.6 Å². The van der Waals surface area contributed by atoms with Gasteiger partial charge in [-0.2, -0.15) is 0 Å². The minimum Gasteiger partial charge on any atom is -0.369 e. The normalized spacial score (nSPS) is 19.1. The summed E-state index contributed by atoms with van der Waals surface area (Å²) < 4.78 is 0. The van der Waals surface area contributed by atoms with Gasteiger partial charge in [0.05, 0.1) is 5.56 Å². The zero-order valence-electron chi connectivity index (χ0n) is 13.8. The smallest absolute Gasteiger partial charge is 0.255 e. The molecule has 2 rings (SSSR count). The number of aromatic nitrogens is 1. The van der Waals surface area contributed by atoms with Crippen LogP contribution in [-0.4, -0.2) is 24.0 Å². The number of carbonyl (C=O) groups excluding carboxylic acids is 1. The first-order valence-electron chi connectivity index (χ1n) is 7.79. The van der Waals surface area contributed by atoms with Crippen LogP contribution in [0.3, 0.4) is 0 Å². The molecule has 116 valence electrons. The SMILES string of the molecule is CCCNc1ncccc1C(=O)NCC1C(C)(C)C1(C)C. The van der Waals surface area contributed by atoms with Gasteiger partial charge in [-0.1, -0.05) is 34.6 Å². The van der Waals surface area contributed by atoms with Crippen molar-refractivity contribution >= 4 is 11.7 Å². The van der Waals surface area contributed by atoms with E-state index in [0.717, 1.165) is 19.5 Å². The Hall–Kier alpha value is -1.58. The van der Waals surface area contributed by atoms with Crippen molar-refractivity contribution in [2.45, 2.75) is 41.0 Å². The van der Waals surface area contributed by atoms with Crippen LogP contribution in [0.15, 0.2) is 18.3 Å². The zero-order valence-corrected chi connectivity index (χ0v) is 13.8. The molecule has 0 atom stereocenters. The van der Waals surface area contributed by atoms with Crippen LogP contribution in [0.5, 0.6) is 0 Å². The maximum absolute atomic E-state index is 12.4. The van der Waals surface area contributed by atoms with E-state index >= 15 is 0 Å². The molecule has 0 radical (unpaired) electrons. The van der Waals surface area contributed by atoms with E-state index in [2.05, 4.69) is 50.2 Å². The summed E-state index contributed by atoms with van der Waals surface area (Å²) in [4.78, 5) is 16.7. The second kappa shape index (κ2) is 5.66. The predicted molar refractivity (Wildman–Crippen MR) is 86.4 cm³/mol. The van der Waals surface area contributed by atoms with E-state index < -0.39 is 0 Å². The second-order valence-corrected chi connectivity index (χ2v) is 7.03. The van der Waals surface area contributed by atoms with Crippen molar-refractivity contribution in [1.29, 1.82) is 0 Å². The minimum atomic E-state index is -0.0415. The highest BCUT2D eigenvalue weighted by atomic mass is 16.1. The summed E-state index contributed by atoms with van der Waals surface area (Å²) in [5.41, 5.74) is 1.21. The number of anilines is 1. The van der Waals surface area contributed by atoms with E-state index in [1.54, 1.807) is 12.3 Å². The van der Waals surface area contributed by atoms with Crippen molar-refractivity contribution in [3.63, 3.8) is 0 Å². The Morgan fingerprint density at radius 1 is 1.29 bits per heavy atom. The number of amides is 1. The fourth-order valence-electron chi connectivity index (χ4n) is 3.11. The third kappa shape index (κ3) is 2.89. The maximum atomic E-state index is 12.4. The van der Waals surface area contributed by atoms with Gasteiger partial charge in [-0.25, -0.2) is 4.98 Å². The first-order chi connectivity index (χ1) is 9.82. The molecule has 0 unspecified atom stereocenters. The predicted octanol–water partition coefficient (Wildman–Crippen LogP) is 3.32. The van der Waals surface area contributed by atoms with E-state index in [9.17, 15) is 4.79 Å². The highest BCUT2D eigenvalue weighted by molar-refractivity contribution is 5.98. The third-order valence-electron chi connectivity index (χ3n) is 5.38. The quantitative estimate of drug-likeness (QED) is 0.844. The summed E-state index contributed by atoms with van der Waals surface area (Å²) in [6, 6.07) is 3.63. The Bertz CT molecular complexity index is 509. The van der Waals surface area contributed by atoms with Crippen LogP contribution in [0.1, 0.15) is 51.4 Å². The summed E-state index contributed by atoms with van der Waals surface area (Å²) >= 11 is 0. The van der Waals surface area contributed by atoms with Crippen molar-refractivity contribution in [3.8, 4) is 0 Å². The number of nitrogens with zero attached hydrogens (tertiary/aromatic N) is 1. The summed E-state index contributed by atoms with van der Waals surface area (Å²) in [6.45, 7) is 12.7. The molecule has 0 bridgehead atoms. The zero-order chi connectivity index (χ0) is 15.7. The molecular weight excluding hydrogens is 262 g/mol. The van der Waals surface area contributed by atoms with Crippen LogP contribution >= 0.6 is 0 Å². The molecule has 0 aromatic carbocycles. The van der Waals surface area contributed by atoms with Crippen LogP contribution < -0.4 is 10.6 Å². The van der Waals surface area contributed by atoms with Crippen LogP contribution in [0.4, 0.5) is 5.82 Å². The van der Waals surface area contributed by atoms with Crippen LogP contribution in [0.25, 0.3) is 0 Å². The molecule has 1 saturated carbocycles. The van der Waals surface area contributed by atoms with Gasteiger partial charge in [-0.05, 0) is 35.3 Å². The molecule has 1 heterocycles. The van der Waals surface area contributed by atoms with Gasteiger partial charge >= 0.3 is 0 Å². The van der Waals surface area contributed by atoms with Crippen molar-refractivity contribution < 1.29 is 4.79 Å². The lowest BCUT2D eigenvalue weighted by molar-refractivity contribution is 0.0950. The molecule has 0 spiro atoms. The molecule has 4 heteroatoms. The highest BCUT2D eigenvalue weighted by Crippen LogP contribution is 2.67. The molecular formula is C17H27N3O. The number of carbonyl (C=O) groups is 1. The number of nitrogens with one attached hydrogen (secondary N) is 2. The van der Waals surface area contributed by atoms with Crippen molar-refractivity contribution in [1.82, 2.24) is 10.3 Å². The van der Waals surface area contributed by atoms with Crippen molar-refractivity contribution in [2.24, 2.45) is 16.7 Å². The minimum absolute atomic E-state index is 0.0415. The van der Waals surface area contributed by atoms with Crippen LogP contribution in [0, 0.1) is 16.7 Å². The van der Waals surface area contributed by atoms with E-state index in [4.69, 9.17) is 0 Å². The topological polar surface area (TPSA) is 54.0 Å².